The summed E-state index contributed by atoms with van der Waals surface area (Å²) in [5.41, 5.74) is 2.03. The summed E-state index contributed by atoms with van der Waals surface area (Å²) in [6.45, 7) is 5.57. The Bertz CT molecular complexity index is 726. The summed E-state index contributed by atoms with van der Waals surface area (Å²) in [6.07, 6.45) is 0. The molecule has 0 fully saturated rings. The predicted octanol–water partition coefficient (Wildman–Crippen LogP) is 3.62. The van der Waals surface area contributed by atoms with Gasteiger partial charge in [-0.15, -0.1) is 0 Å². The lowest BCUT2D eigenvalue weighted by molar-refractivity contribution is -0.117. The van der Waals surface area contributed by atoms with Gasteiger partial charge in [-0.3, -0.25) is 9.59 Å². The molecule has 0 unspecified atom stereocenters. The van der Waals surface area contributed by atoms with Gasteiger partial charge < -0.3 is 10.2 Å². The Morgan fingerprint density at radius 3 is 2.38 bits per heavy atom. The minimum atomic E-state index is -0.369. The molecule has 0 aliphatic carbocycles. The highest BCUT2D eigenvalue weighted by Gasteiger charge is 2.21. The number of nitrogens with one attached hydrogen (secondary N) is 1. The summed E-state index contributed by atoms with van der Waals surface area (Å²) in [5.74, 6) is -0.884. The van der Waals surface area contributed by atoms with Crippen molar-refractivity contribution in [2.45, 2.75) is 26.8 Å². The second-order valence-electron chi connectivity index (χ2n) is 5.95. The van der Waals surface area contributed by atoms with E-state index in [1.165, 1.54) is 29.2 Å². The number of anilines is 1. The lowest BCUT2D eigenvalue weighted by Gasteiger charge is -2.26. The van der Waals surface area contributed by atoms with Crippen LogP contribution in [-0.4, -0.2) is 29.3 Å². The fourth-order valence-electron chi connectivity index (χ4n) is 2.32. The quantitative estimate of drug-likeness (QED) is 0.911. The first-order valence-corrected chi connectivity index (χ1v) is 7.80. The van der Waals surface area contributed by atoms with Crippen LogP contribution in [0.5, 0.6) is 0 Å². The van der Waals surface area contributed by atoms with Gasteiger partial charge in [0.1, 0.15) is 12.4 Å². The van der Waals surface area contributed by atoms with Crippen LogP contribution >= 0.6 is 0 Å². The lowest BCUT2D eigenvalue weighted by atomic mass is 10.1. The summed E-state index contributed by atoms with van der Waals surface area (Å²) < 4.78 is 12.9. The van der Waals surface area contributed by atoms with Crippen molar-refractivity contribution in [2.24, 2.45) is 0 Å². The summed E-state index contributed by atoms with van der Waals surface area (Å²) in [6, 6.07) is 12.7. The molecule has 126 valence electrons. The second kappa shape index (κ2) is 7.73. The van der Waals surface area contributed by atoms with E-state index in [9.17, 15) is 14.0 Å². The van der Waals surface area contributed by atoms with E-state index >= 15 is 0 Å². The third kappa shape index (κ3) is 4.65. The minimum absolute atomic E-state index is 0.0676. The molecule has 0 saturated carbocycles. The Kier molecular flexibility index (Phi) is 5.68. The van der Waals surface area contributed by atoms with E-state index in [0.29, 0.717) is 11.3 Å². The Labute approximate surface area is 141 Å². The Balaban J connectivity index is 2.09. The molecule has 0 heterocycles. The average molecular weight is 328 g/mol. The van der Waals surface area contributed by atoms with E-state index in [0.717, 1.165) is 5.56 Å². The third-order valence-electron chi connectivity index (χ3n) is 3.59. The number of hydrogen-bond donors (Lipinski definition) is 1. The molecule has 0 atom stereocenters. The van der Waals surface area contributed by atoms with E-state index in [1.807, 2.05) is 32.9 Å². The molecule has 4 nitrogen and oxygen atoms in total. The first kappa shape index (κ1) is 17.7. The first-order valence-electron chi connectivity index (χ1n) is 7.80. The number of aryl methyl sites for hydroxylation is 1. The topological polar surface area (TPSA) is 49.4 Å². The second-order valence-corrected chi connectivity index (χ2v) is 5.95. The molecule has 0 bridgehead atoms. The van der Waals surface area contributed by atoms with Crippen LogP contribution in [0.4, 0.5) is 10.1 Å². The monoisotopic (exact) mass is 328 g/mol. The largest absolute Gasteiger partial charge is 0.327 e. The summed E-state index contributed by atoms with van der Waals surface area (Å²) in [7, 11) is 0. The zero-order valence-electron chi connectivity index (χ0n) is 14.0. The average Bonchev–Trinajstić information content (AvgIpc) is 2.54. The minimum Gasteiger partial charge on any atom is -0.327 e. The lowest BCUT2D eigenvalue weighted by Crippen LogP contribution is -2.42. The maximum atomic E-state index is 12.9. The van der Waals surface area contributed by atoms with E-state index in [4.69, 9.17) is 0 Å². The summed E-state index contributed by atoms with van der Waals surface area (Å²) in [4.78, 5) is 26.4. The van der Waals surface area contributed by atoms with Crippen molar-refractivity contribution in [3.8, 4) is 0 Å². The molecule has 2 amide bonds. The SMILES string of the molecule is Cc1cccc(C(=O)N(CC(=O)Nc2ccc(F)cc2)C(C)C)c1. The van der Waals surface area contributed by atoms with Gasteiger partial charge in [-0.25, -0.2) is 4.39 Å². The highest BCUT2D eigenvalue weighted by atomic mass is 19.1. The van der Waals surface area contributed by atoms with Crippen LogP contribution in [0.1, 0.15) is 29.8 Å². The molecule has 0 aliphatic rings. The molecule has 0 spiro atoms. The molecule has 0 radical (unpaired) electrons. The zero-order valence-corrected chi connectivity index (χ0v) is 14.0. The molecule has 1 N–H and O–H groups in total. The van der Waals surface area contributed by atoms with Gasteiger partial charge in [0, 0.05) is 17.3 Å². The molecule has 0 aromatic heterocycles. The Morgan fingerprint density at radius 2 is 1.79 bits per heavy atom. The molecular formula is C19H21FN2O2. The molecule has 0 saturated heterocycles. The van der Waals surface area contributed by atoms with Gasteiger partial charge in [0.25, 0.3) is 5.91 Å². The van der Waals surface area contributed by atoms with E-state index in [1.54, 1.807) is 12.1 Å². The molecule has 2 aromatic rings. The normalized spacial score (nSPS) is 10.5. The van der Waals surface area contributed by atoms with Gasteiger partial charge in [0.15, 0.2) is 0 Å². The van der Waals surface area contributed by atoms with Crippen LogP contribution in [0.25, 0.3) is 0 Å². The molecule has 24 heavy (non-hydrogen) atoms. The number of benzene rings is 2. The number of carbonyl (C=O) groups is 2. The Morgan fingerprint density at radius 1 is 1.12 bits per heavy atom. The number of amides is 2. The fraction of sp³-hybridized carbons (Fsp3) is 0.263. The predicted molar refractivity (Wildman–Crippen MR) is 92.4 cm³/mol. The van der Waals surface area contributed by atoms with Crippen molar-refractivity contribution in [1.82, 2.24) is 4.90 Å². The molecule has 2 aromatic carbocycles. The van der Waals surface area contributed by atoms with Crippen molar-refractivity contribution < 1.29 is 14.0 Å². The maximum absolute atomic E-state index is 12.9. The van der Waals surface area contributed by atoms with Crippen molar-refractivity contribution in [1.29, 1.82) is 0 Å². The van der Waals surface area contributed by atoms with Gasteiger partial charge in [-0.2, -0.15) is 0 Å². The van der Waals surface area contributed by atoms with Crippen LogP contribution in [0, 0.1) is 12.7 Å². The van der Waals surface area contributed by atoms with Crippen molar-refractivity contribution in [3.63, 3.8) is 0 Å². The molecule has 2 rings (SSSR count). The van der Waals surface area contributed by atoms with Crippen LogP contribution in [0.15, 0.2) is 48.5 Å². The van der Waals surface area contributed by atoms with E-state index < -0.39 is 0 Å². The highest BCUT2D eigenvalue weighted by molar-refractivity contribution is 5.99. The summed E-state index contributed by atoms with van der Waals surface area (Å²) >= 11 is 0. The number of nitrogens with zero attached hydrogens (tertiary/aromatic N) is 1. The third-order valence-corrected chi connectivity index (χ3v) is 3.59. The van der Waals surface area contributed by atoms with Crippen LogP contribution in [0.2, 0.25) is 0 Å². The highest BCUT2D eigenvalue weighted by Crippen LogP contribution is 2.12. The first-order chi connectivity index (χ1) is 11.4. The smallest absolute Gasteiger partial charge is 0.254 e. The van der Waals surface area contributed by atoms with Gasteiger partial charge in [0.2, 0.25) is 5.91 Å². The van der Waals surface area contributed by atoms with Crippen molar-refractivity contribution >= 4 is 17.5 Å². The fourth-order valence-corrected chi connectivity index (χ4v) is 2.32. The van der Waals surface area contributed by atoms with E-state index in [-0.39, 0.29) is 30.2 Å². The standard InChI is InChI=1S/C19H21FN2O2/c1-13(2)22(19(24)15-6-4-5-14(3)11-15)12-18(23)21-17-9-7-16(20)8-10-17/h4-11,13H,12H2,1-3H3,(H,21,23). The van der Waals surface area contributed by atoms with Gasteiger partial charge >= 0.3 is 0 Å². The van der Waals surface area contributed by atoms with Crippen LogP contribution in [-0.2, 0) is 4.79 Å². The molecule has 5 heteroatoms. The van der Waals surface area contributed by atoms with Crippen LogP contribution in [0.3, 0.4) is 0 Å². The van der Waals surface area contributed by atoms with Gasteiger partial charge in [0.05, 0.1) is 0 Å². The zero-order chi connectivity index (χ0) is 17.7. The number of carbonyl (C=O) groups excluding carboxylic acids is 2. The molecular weight excluding hydrogens is 307 g/mol. The van der Waals surface area contributed by atoms with Crippen molar-refractivity contribution in [2.75, 3.05) is 11.9 Å². The van der Waals surface area contributed by atoms with Gasteiger partial charge in [-0.05, 0) is 57.2 Å². The van der Waals surface area contributed by atoms with Gasteiger partial charge in [-0.1, -0.05) is 17.7 Å². The maximum Gasteiger partial charge on any atom is 0.254 e. The number of hydrogen-bond acceptors (Lipinski definition) is 2. The Hall–Kier alpha value is -2.69. The number of rotatable bonds is 5. The van der Waals surface area contributed by atoms with Crippen molar-refractivity contribution in [3.05, 3.63) is 65.5 Å². The van der Waals surface area contributed by atoms with E-state index in [2.05, 4.69) is 5.32 Å². The molecule has 0 aliphatic heterocycles. The van der Waals surface area contributed by atoms with Crippen LogP contribution < -0.4 is 5.32 Å². The number of halogens is 1. The summed E-state index contributed by atoms with van der Waals surface area (Å²) in [5, 5.41) is 2.67.